The van der Waals surface area contributed by atoms with Crippen LogP contribution in [0.25, 0.3) is 0 Å². The van der Waals surface area contributed by atoms with Crippen LogP contribution in [0.5, 0.6) is 0 Å². The van der Waals surface area contributed by atoms with Gasteiger partial charge in [-0.25, -0.2) is 14.8 Å². The smallest absolute Gasteiger partial charge is 0.410 e. The van der Waals surface area contributed by atoms with Crippen molar-refractivity contribution in [3.05, 3.63) is 6.33 Å². The number of likely N-dealkylation sites (N-methyl/N-ethyl adjacent to an activating group) is 1. The zero-order valence-electron chi connectivity index (χ0n) is 18.0. The molecule has 160 valence electrons. The molecule has 4 heterocycles. The summed E-state index contributed by atoms with van der Waals surface area (Å²) in [6.45, 7) is 14.5. The molecule has 9 nitrogen and oxygen atoms in total. The third kappa shape index (κ3) is 4.24. The summed E-state index contributed by atoms with van der Waals surface area (Å²) in [6.07, 6.45) is 3.25. The van der Waals surface area contributed by atoms with Gasteiger partial charge in [0.05, 0.1) is 12.1 Å². The minimum absolute atomic E-state index is 0.165. The van der Waals surface area contributed by atoms with Crippen LogP contribution in [0.4, 0.5) is 16.7 Å². The minimum atomic E-state index is -0.474. The van der Waals surface area contributed by atoms with E-state index >= 15 is 0 Å². The Morgan fingerprint density at radius 3 is 2.41 bits per heavy atom. The maximum Gasteiger partial charge on any atom is 0.410 e. The van der Waals surface area contributed by atoms with Gasteiger partial charge in [0, 0.05) is 39.3 Å². The van der Waals surface area contributed by atoms with Crippen molar-refractivity contribution in [2.75, 3.05) is 55.6 Å². The fourth-order valence-electron chi connectivity index (χ4n) is 4.62. The summed E-state index contributed by atoms with van der Waals surface area (Å²) in [5.41, 5.74) is -0.474. The predicted octanol–water partition coefficient (Wildman–Crippen LogP) is 1.60. The molecule has 3 aliphatic heterocycles. The van der Waals surface area contributed by atoms with Crippen LogP contribution in [-0.4, -0.2) is 94.3 Å². The average molecular weight is 404 g/mol. The Labute approximate surface area is 173 Å². The summed E-state index contributed by atoms with van der Waals surface area (Å²) < 4.78 is 5.60. The molecule has 1 aromatic rings. The standard InChI is InChI=1S/C20H33N7O2/c1-5-24-10-12-25(13-11-24)17-21-14-22-18(23-17)26-8-6-16-15(26)7-9-27(16)19(28)29-20(2,3)4/h14-16H,5-13H2,1-4H3. The van der Waals surface area contributed by atoms with Gasteiger partial charge >= 0.3 is 6.09 Å². The first kappa shape index (κ1) is 20.1. The first-order valence-electron chi connectivity index (χ1n) is 10.8. The molecule has 3 saturated heterocycles. The van der Waals surface area contributed by atoms with E-state index < -0.39 is 5.60 Å². The largest absolute Gasteiger partial charge is 0.444 e. The van der Waals surface area contributed by atoms with Crippen molar-refractivity contribution in [3.8, 4) is 0 Å². The van der Waals surface area contributed by atoms with E-state index in [1.165, 1.54) is 0 Å². The van der Waals surface area contributed by atoms with Crippen LogP contribution in [0, 0.1) is 0 Å². The van der Waals surface area contributed by atoms with Gasteiger partial charge in [-0.3, -0.25) is 0 Å². The van der Waals surface area contributed by atoms with Gasteiger partial charge in [0.25, 0.3) is 0 Å². The number of aromatic nitrogens is 3. The molecule has 1 amide bonds. The molecule has 3 fully saturated rings. The quantitative estimate of drug-likeness (QED) is 0.753. The lowest BCUT2D eigenvalue weighted by atomic mass is 10.1. The molecule has 1 aromatic heterocycles. The van der Waals surface area contributed by atoms with Gasteiger partial charge in [-0.2, -0.15) is 4.98 Å². The fraction of sp³-hybridized carbons (Fsp3) is 0.800. The van der Waals surface area contributed by atoms with Gasteiger partial charge in [-0.15, -0.1) is 0 Å². The lowest BCUT2D eigenvalue weighted by Gasteiger charge is -2.34. The highest BCUT2D eigenvalue weighted by Crippen LogP contribution is 2.34. The third-order valence-corrected chi connectivity index (χ3v) is 6.11. The molecule has 0 aromatic carbocycles. The van der Waals surface area contributed by atoms with E-state index in [9.17, 15) is 4.79 Å². The molecule has 0 aliphatic carbocycles. The molecule has 0 bridgehead atoms. The molecular weight excluding hydrogens is 370 g/mol. The van der Waals surface area contributed by atoms with Crippen molar-refractivity contribution < 1.29 is 9.53 Å². The number of amides is 1. The first-order valence-corrected chi connectivity index (χ1v) is 10.8. The Kier molecular flexibility index (Phi) is 5.50. The van der Waals surface area contributed by atoms with Crippen LogP contribution >= 0.6 is 0 Å². The maximum absolute atomic E-state index is 12.6. The number of nitrogens with zero attached hydrogens (tertiary/aromatic N) is 7. The first-order chi connectivity index (χ1) is 13.9. The van der Waals surface area contributed by atoms with Crippen molar-refractivity contribution in [1.82, 2.24) is 24.8 Å². The van der Waals surface area contributed by atoms with E-state index in [4.69, 9.17) is 9.72 Å². The number of carbonyl (C=O) groups is 1. The number of piperazine rings is 1. The Bertz CT molecular complexity index is 730. The summed E-state index contributed by atoms with van der Waals surface area (Å²) in [5, 5.41) is 0. The number of likely N-dealkylation sites (tertiary alicyclic amines) is 1. The summed E-state index contributed by atoms with van der Waals surface area (Å²) >= 11 is 0. The van der Waals surface area contributed by atoms with Crippen molar-refractivity contribution in [1.29, 1.82) is 0 Å². The van der Waals surface area contributed by atoms with Crippen molar-refractivity contribution in [2.45, 2.75) is 58.2 Å². The second kappa shape index (κ2) is 7.93. The van der Waals surface area contributed by atoms with Gasteiger partial charge in [0.15, 0.2) is 0 Å². The normalized spacial score (nSPS) is 25.4. The summed E-state index contributed by atoms with van der Waals surface area (Å²) in [5.74, 6) is 1.49. The van der Waals surface area contributed by atoms with E-state index in [-0.39, 0.29) is 18.2 Å². The SMILES string of the molecule is CCN1CCN(c2ncnc(N3CCC4C3CCN4C(=O)OC(C)(C)C)n2)CC1. The molecule has 0 spiro atoms. The minimum Gasteiger partial charge on any atom is -0.444 e. The Balaban J connectivity index is 1.44. The highest BCUT2D eigenvalue weighted by Gasteiger charge is 2.46. The zero-order valence-corrected chi connectivity index (χ0v) is 18.0. The highest BCUT2D eigenvalue weighted by molar-refractivity contribution is 5.69. The molecule has 4 rings (SSSR count). The molecule has 0 saturated carbocycles. The molecule has 2 atom stereocenters. The Hall–Kier alpha value is -2.16. The van der Waals surface area contributed by atoms with Gasteiger partial charge in [0.1, 0.15) is 11.9 Å². The van der Waals surface area contributed by atoms with Crippen molar-refractivity contribution in [3.63, 3.8) is 0 Å². The third-order valence-electron chi connectivity index (χ3n) is 6.11. The number of ether oxygens (including phenoxy) is 1. The van der Waals surface area contributed by atoms with Gasteiger partial charge < -0.3 is 24.3 Å². The van der Waals surface area contributed by atoms with E-state index in [1.807, 2.05) is 25.7 Å². The van der Waals surface area contributed by atoms with E-state index in [1.54, 1.807) is 6.33 Å². The average Bonchev–Trinajstić information content (AvgIpc) is 3.29. The van der Waals surface area contributed by atoms with Crippen LogP contribution in [-0.2, 0) is 4.74 Å². The van der Waals surface area contributed by atoms with Crippen LogP contribution in [0.3, 0.4) is 0 Å². The number of carbonyl (C=O) groups excluding carboxylic acids is 1. The van der Waals surface area contributed by atoms with Gasteiger partial charge in [0.2, 0.25) is 11.9 Å². The monoisotopic (exact) mass is 403 g/mol. The number of rotatable bonds is 3. The number of anilines is 2. The van der Waals surface area contributed by atoms with Gasteiger partial charge in [-0.05, 0) is 40.2 Å². The van der Waals surface area contributed by atoms with Crippen LogP contribution in [0.1, 0.15) is 40.5 Å². The highest BCUT2D eigenvalue weighted by atomic mass is 16.6. The van der Waals surface area contributed by atoms with Crippen molar-refractivity contribution >= 4 is 18.0 Å². The molecule has 0 N–H and O–H groups in total. The summed E-state index contributed by atoms with van der Waals surface area (Å²) in [6, 6.07) is 0.410. The number of hydrogen-bond acceptors (Lipinski definition) is 8. The predicted molar refractivity (Wildman–Crippen MR) is 111 cm³/mol. The summed E-state index contributed by atoms with van der Waals surface area (Å²) in [7, 11) is 0. The zero-order chi connectivity index (χ0) is 20.6. The number of hydrogen-bond donors (Lipinski definition) is 0. The molecule has 0 radical (unpaired) electrons. The topological polar surface area (TPSA) is 77.9 Å². The van der Waals surface area contributed by atoms with Crippen LogP contribution in [0.2, 0.25) is 0 Å². The van der Waals surface area contributed by atoms with Crippen LogP contribution < -0.4 is 9.80 Å². The lowest BCUT2D eigenvalue weighted by molar-refractivity contribution is 0.0228. The summed E-state index contributed by atoms with van der Waals surface area (Å²) in [4.78, 5) is 35.1. The second-order valence-electron chi connectivity index (χ2n) is 9.09. The van der Waals surface area contributed by atoms with Crippen LogP contribution in [0.15, 0.2) is 6.33 Å². The van der Waals surface area contributed by atoms with Gasteiger partial charge in [-0.1, -0.05) is 6.92 Å². The Morgan fingerprint density at radius 1 is 1.03 bits per heavy atom. The fourth-order valence-corrected chi connectivity index (χ4v) is 4.62. The molecule has 3 aliphatic rings. The Morgan fingerprint density at radius 2 is 1.72 bits per heavy atom. The van der Waals surface area contributed by atoms with E-state index in [0.717, 1.165) is 70.6 Å². The van der Waals surface area contributed by atoms with Crippen molar-refractivity contribution in [2.24, 2.45) is 0 Å². The molecule has 9 heteroatoms. The number of fused-ring (bicyclic) bond motifs is 1. The lowest BCUT2D eigenvalue weighted by Crippen LogP contribution is -2.47. The maximum atomic E-state index is 12.6. The molecule has 2 unspecified atom stereocenters. The second-order valence-corrected chi connectivity index (χ2v) is 9.09. The van der Waals surface area contributed by atoms with E-state index in [0.29, 0.717) is 0 Å². The molecule has 29 heavy (non-hydrogen) atoms. The molecular formula is C20H33N7O2. The van der Waals surface area contributed by atoms with E-state index in [2.05, 4.69) is 31.6 Å².